The standard InChI is InChI=1S/C11H14N2O2S2/c12-11(16)10-5-2-1-4-9(10)8-13-6-3-7-17(13,14)15/h1-2,4-5H,3,6-8H2,(H2,12,16). The second-order valence-electron chi connectivity index (χ2n) is 4.02. The van der Waals surface area contributed by atoms with Crippen molar-refractivity contribution in [1.82, 2.24) is 4.31 Å². The van der Waals surface area contributed by atoms with Crippen molar-refractivity contribution in [2.24, 2.45) is 5.73 Å². The van der Waals surface area contributed by atoms with Crippen molar-refractivity contribution in [3.63, 3.8) is 0 Å². The van der Waals surface area contributed by atoms with Gasteiger partial charge in [0.1, 0.15) is 4.99 Å². The Morgan fingerprint density at radius 3 is 2.71 bits per heavy atom. The minimum atomic E-state index is -3.08. The lowest BCUT2D eigenvalue weighted by Gasteiger charge is -2.16. The highest BCUT2D eigenvalue weighted by molar-refractivity contribution is 7.89. The van der Waals surface area contributed by atoms with Gasteiger partial charge in [0.2, 0.25) is 10.0 Å². The Bertz CT molecular complexity index is 540. The lowest BCUT2D eigenvalue weighted by atomic mass is 10.1. The van der Waals surface area contributed by atoms with Gasteiger partial charge in [-0.25, -0.2) is 8.42 Å². The minimum Gasteiger partial charge on any atom is -0.389 e. The second kappa shape index (κ2) is 4.72. The molecule has 17 heavy (non-hydrogen) atoms. The molecule has 6 heteroatoms. The average molecular weight is 270 g/mol. The molecule has 0 aromatic heterocycles. The van der Waals surface area contributed by atoms with E-state index in [-0.39, 0.29) is 5.75 Å². The van der Waals surface area contributed by atoms with Crippen molar-refractivity contribution >= 4 is 27.2 Å². The Balaban J connectivity index is 2.28. The molecular formula is C11H14N2O2S2. The highest BCUT2D eigenvalue weighted by Gasteiger charge is 2.28. The summed E-state index contributed by atoms with van der Waals surface area (Å²) in [7, 11) is -3.08. The first-order valence-electron chi connectivity index (χ1n) is 5.36. The molecule has 2 N–H and O–H groups in total. The Hall–Kier alpha value is -0.980. The van der Waals surface area contributed by atoms with Gasteiger partial charge in [0, 0.05) is 18.7 Å². The molecule has 0 unspecified atom stereocenters. The summed E-state index contributed by atoms with van der Waals surface area (Å²) in [4.78, 5) is 0.303. The molecule has 1 aromatic carbocycles. The molecular weight excluding hydrogens is 256 g/mol. The van der Waals surface area contributed by atoms with E-state index in [1.165, 1.54) is 4.31 Å². The zero-order chi connectivity index (χ0) is 12.5. The van der Waals surface area contributed by atoms with Gasteiger partial charge in [-0.2, -0.15) is 4.31 Å². The maximum atomic E-state index is 11.7. The number of hydrogen-bond acceptors (Lipinski definition) is 3. The van der Waals surface area contributed by atoms with Gasteiger partial charge in [-0.05, 0) is 12.0 Å². The van der Waals surface area contributed by atoms with E-state index in [2.05, 4.69) is 0 Å². The lowest BCUT2D eigenvalue weighted by molar-refractivity contribution is 0.439. The van der Waals surface area contributed by atoms with Crippen molar-refractivity contribution in [1.29, 1.82) is 0 Å². The zero-order valence-corrected chi connectivity index (χ0v) is 10.9. The molecule has 1 fully saturated rings. The Morgan fingerprint density at radius 2 is 2.12 bits per heavy atom. The Kier molecular flexibility index (Phi) is 3.46. The fourth-order valence-electron chi connectivity index (χ4n) is 1.96. The van der Waals surface area contributed by atoms with Gasteiger partial charge in [-0.1, -0.05) is 36.5 Å². The van der Waals surface area contributed by atoms with Crippen LogP contribution in [0.4, 0.5) is 0 Å². The predicted molar refractivity (Wildman–Crippen MR) is 71.1 cm³/mol. The molecule has 0 radical (unpaired) electrons. The third-order valence-electron chi connectivity index (χ3n) is 2.83. The predicted octanol–water partition coefficient (Wildman–Crippen LogP) is 0.856. The van der Waals surface area contributed by atoms with Crippen LogP contribution in [0.15, 0.2) is 24.3 Å². The van der Waals surface area contributed by atoms with E-state index in [1.807, 2.05) is 24.3 Å². The fraction of sp³-hybridized carbons (Fsp3) is 0.364. The van der Waals surface area contributed by atoms with Crippen LogP contribution in [0, 0.1) is 0 Å². The summed E-state index contributed by atoms with van der Waals surface area (Å²) in [5, 5.41) is 0. The third kappa shape index (κ3) is 2.65. The maximum absolute atomic E-state index is 11.7. The van der Waals surface area contributed by atoms with Gasteiger partial charge in [0.25, 0.3) is 0 Å². The van der Waals surface area contributed by atoms with Crippen LogP contribution >= 0.6 is 12.2 Å². The van der Waals surface area contributed by atoms with Crippen LogP contribution < -0.4 is 5.73 Å². The third-order valence-corrected chi connectivity index (χ3v) is 4.96. The summed E-state index contributed by atoms with van der Waals surface area (Å²) in [5.41, 5.74) is 7.24. The summed E-state index contributed by atoms with van der Waals surface area (Å²) in [6.45, 7) is 0.934. The first kappa shape index (κ1) is 12.5. The van der Waals surface area contributed by atoms with Gasteiger partial charge in [-0.3, -0.25) is 0 Å². The number of nitrogens with two attached hydrogens (primary N) is 1. The van der Waals surface area contributed by atoms with E-state index in [4.69, 9.17) is 18.0 Å². The zero-order valence-electron chi connectivity index (χ0n) is 9.30. The lowest BCUT2D eigenvalue weighted by Crippen LogP contribution is -2.26. The molecule has 0 bridgehead atoms. The number of rotatable bonds is 3. The van der Waals surface area contributed by atoms with E-state index in [0.29, 0.717) is 24.5 Å². The van der Waals surface area contributed by atoms with E-state index in [9.17, 15) is 8.42 Å². The minimum absolute atomic E-state index is 0.238. The van der Waals surface area contributed by atoms with E-state index >= 15 is 0 Å². The first-order valence-corrected chi connectivity index (χ1v) is 7.38. The van der Waals surface area contributed by atoms with Crippen molar-refractivity contribution in [3.8, 4) is 0 Å². The number of benzene rings is 1. The largest absolute Gasteiger partial charge is 0.389 e. The van der Waals surface area contributed by atoms with Crippen LogP contribution in [0.25, 0.3) is 0 Å². The van der Waals surface area contributed by atoms with Crippen LogP contribution in [0.3, 0.4) is 0 Å². The molecule has 92 valence electrons. The molecule has 1 saturated heterocycles. The van der Waals surface area contributed by atoms with E-state index < -0.39 is 10.0 Å². The molecule has 0 amide bonds. The van der Waals surface area contributed by atoms with Gasteiger partial charge in [0.05, 0.1) is 5.75 Å². The number of sulfonamides is 1. The van der Waals surface area contributed by atoms with Crippen molar-refractivity contribution in [3.05, 3.63) is 35.4 Å². The summed E-state index contributed by atoms with van der Waals surface area (Å²) < 4.78 is 24.9. The monoisotopic (exact) mass is 270 g/mol. The van der Waals surface area contributed by atoms with Gasteiger partial charge >= 0.3 is 0 Å². The van der Waals surface area contributed by atoms with Crippen LogP contribution in [0.1, 0.15) is 17.5 Å². The molecule has 0 spiro atoms. The van der Waals surface area contributed by atoms with E-state index in [0.717, 1.165) is 11.1 Å². The SMILES string of the molecule is NC(=S)c1ccccc1CN1CCCS1(=O)=O. The van der Waals surface area contributed by atoms with Crippen molar-refractivity contribution in [2.75, 3.05) is 12.3 Å². The molecule has 1 heterocycles. The van der Waals surface area contributed by atoms with Crippen LogP contribution in [0.2, 0.25) is 0 Å². The van der Waals surface area contributed by atoms with Gasteiger partial charge in [-0.15, -0.1) is 0 Å². The summed E-state index contributed by atoms with van der Waals surface area (Å²) in [5.74, 6) is 0.238. The summed E-state index contributed by atoms with van der Waals surface area (Å²) >= 11 is 4.96. The first-order chi connectivity index (χ1) is 8.00. The molecule has 1 aromatic rings. The normalized spacial score (nSPS) is 19.3. The van der Waals surface area contributed by atoms with Gasteiger partial charge in [0.15, 0.2) is 0 Å². The average Bonchev–Trinajstić information content (AvgIpc) is 2.59. The van der Waals surface area contributed by atoms with Crippen molar-refractivity contribution in [2.45, 2.75) is 13.0 Å². The maximum Gasteiger partial charge on any atom is 0.214 e. The highest BCUT2D eigenvalue weighted by atomic mass is 32.2. The molecule has 0 saturated carbocycles. The molecule has 4 nitrogen and oxygen atoms in total. The van der Waals surface area contributed by atoms with Crippen molar-refractivity contribution < 1.29 is 8.42 Å². The second-order valence-corrected chi connectivity index (χ2v) is 6.55. The molecule has 1 aliphatic heterocycles. The molecule has 2 rings (SSSR count). The summed E-state index contributed by atoms with van der Waals surface area (Å²) in [6.07, 6.45) is 0.692. The fourth-order valence-corrected chi connectivity index (χ4v) is 3.65. The number of nitrogens with zero attached hydrogens (tertiary/aromatic N) is 1. The molecule has 0 atom stereocenters. The van der Waals surface area contributed by atoms with Crippen LogP contribution in [-0.2, 0) is 16.6 Å². The van der Waals surface area contributed by atoms with Crippen LogP contribution in [0.5, 0.6) is 0 Å². The van der Waals surface area contributed by atoms with E-state index in [1.54, 1.807) is 0 Å². The van der Waals surface area contributed by atoms with Gasteiger partial charge < -0.3 is 5.73 Å². The molecule has 0 aliphatic carbocycles. The Morgan fingerprint density at radius 1 is 1.41 bits per heavy atom. The number of thiocarbonyl (C=S) groups is 1. The quantitative estimate of drug-likeness (QED) is 0.827. The topological polar surface area (TPSA) is 63.4 Å². The van der Waals surface area contributed by atoms with Crippen LogP contribution in [-0.4, -0.2) is 30.0 Å². The molecule has 1 aliphatic rings. The smallest absolute Gasteiger partial charge is 0.214 e. The number of hydrogen-bond donors (Lipinski definition) is 1. The highest BCUT2D eigenvalue weighted by Crippen LogP contribution is 2.19. The summed E-state index contributed by atoms with van der Waals surface area (Å²) in [6, 6.07) is 7.39. The Labute approximate surface area is 106 Å².